The van der Waals surface area contributed by atoms with Crippen LogP contribution >= 0.6 is 0 Å². The molecule has 4 heteroatoms. The molecule has 0 spiro atoms. The van der Waals surface area contributed by atoms with E-state index in [0.29, 0.717) is 5.54 Å². The maximum absolute atomic E-state index is 4.01. The molecule has 1 saturated heterocycles. The number of hydrogen-bond donors (Lipinski definition) is 1. The minimum absolute atomic E-state index is 0.168. The van der Waals surface area contributed by atoms with Crippen molar-refractivity contribution in [3.8, 4) is 0 Å². The molecule has 0 saturated carbocycles. The fraction of sp³-hybridized carbons (Fsp3) is 0.579. The van der Waals surface area contributed by atoms with Crippen LogP contribution in [0.5, 0.6) is 0 Å². The number of allylic oxidation sites excluding steroid dienone is 1. The number of benzene rings is 1. The van der Waals surface area contributed by atoms with Crippen LogP contribution < -0.4 is 4.98 Å². The van der Waals surface area contributed by atoms with Gasteiger partial charge in [-0.2, -0.15) is 0 Å². The van der Waals surface area contributed by atoms with E-state index in [4.69, 9.17) is 0 Å². The third kappa shape index (κ3) is 3.35. The van der Waals surface area contributed by atoms with Crippen LogP contribution in [-0.4, -0.2) is 49.5 Å². The van der Waals surface area contributed by atoms with Gasteiger partial charge in [-0.05, 0) is 0 Å². The molecular formula is C19H29LiN2Si. The van der Waals surface area contributed by atoms with E-state index in [0.717, 1.165) is 0 Å². The Balaban J connectivity index is 2.06. The molecule has 1 aromatic carbocycles. The fourth-order valence-electron chi connectivity index (χ4n) is 4.88. The van der Waals surface area contributed by atoms with Gasteiger partial charge < -0.3 is 0 Å². The van der Waals surface area contributed by atoms with Gasteiger partial charge in [0, 0.05) is 0 Å². The van der Waals surface area contributed by atoms with Gasteiger partial charge in [-0.25, -0.2) is 0 Å². The van der Waals surface area contributed by atoms with Gasteiger partial charge in [0.1, 0.15) is 0 Å². The summed E-state index contributed by atoms with van der Waals surface area (Å²) in [6.45, 7) is 14.3. The molecule has 1 aliphatic carbocycles. The van der Waals surface area contributed by atoms with E-state index < -0.39 is 8.24 Å². The number of rotatable bonds is 3. The van der Waals surface area contributed by atoms with E-state index in [1.165, 1.54) is 31.5 Å². The van der Waals surface area contributed by atoms with E-state index in [-0.39, 0.29) is 5.54 Å². The second kappa shape index (κ2) is 6.11. The van der Waals surface area contributed by atoms with Gasteiger partial charge in [0.15, 0.2) is 0 Å². The number of nitrogens with one attached hydrogen (secondary N) is 1. The maximum atomic E-state index is 4.01. The molecule has 120 valence electrons. The van der Waals surface area contributed by atoms with Crippen LogP contribution in [0.15, 0.2) is 28.5 Å². The van der Waals surface area contributed by atoms with Gasteiger partial charge in [-0.3, -0.25) is 0 Å². The molecule has 1 heterocycles. The van der Waals surface area contributed by atoms with Gasteiger partial charge in [0.05, 0.1) is 0 Å². The van der Waals surface area contributed by atoms with Gasteiger partial charge in [-0.15, -0.1) is 0 Å². The third-order valence-corrected chi connectivity index (χ3v) is 8.76. The van der Waals surface area contributed by atoms with E-state index in [1.54, 1.807) is 15.5 Å². The Morgan fingerprint density at radius 2 is 1.74 bits per heavy atom. The summed E-state index contributed by atoms with van der Waals surface area (Å²) < 4.78 is 1.60. The molecule has 1 aromatic rings. The van der Waals surface area contributed by atoms with Gasteiger partial charge >= 0.3 is 152 Å². The van der Waals surface area contributed by atoms with Gasteiger partial charge in [0.2, 0.25) is 0 Å². The molecule has 0 bridgehead atoms. The Hall–Kier alpha value is -0.466. The molecule has 23 heavy (non-hydrogen) atoms. The molecule has 0 aromatic heterocycles. The zero-order chi connectivity index (χ0) is 16.8. The predicted molar refractivity (Wildman–Crippen MR) is 103 cm³/mol. The molecular weight excluding hydrogens is 291 g/mol. The van der Waals surface area contributed by atoms with Crippen molar-refractivity contribution in [3.05, 3.63) is 39.6 Å². The summed E-state index contributed by atoms with van der Waals surface area (Å²) in [5.74, 6) is 0. The van der Waals surface area contributed by atoms with Crippen molar-refractivity contribution in [2.45, 2.75) is 57.8 Å². The summed E-state index contributed by atoms with van der Waals surface area (Å²) in [6, 6.07) is 9.13. The van der Waals surface area contributed by atoms with Crippen molar-refractivity contribution in [3.63, 3.8) is 0 Å². The third-order valence-electron chi connectivity index (χ3n) is 5.17. The normalized spacial score (nSPS) is 22.0. The van der Waals surface area contributed by atoms with Crippen molar-refractivity contribution < 1.29 is 0 Å². The van der Waals surface area contributed by atoms with Crippen LogP contribution in [0.2, 0.25) is 13.1 Å². The first kappa shape index (κ1) is 17.4. The number of nitrogens with zero attached hydrogens (tertiary/aromatic N) is 1. The van der Waals surface area contributed by atoms with E-state index in [2.05, 4.69) is 85.7 Å². The van der Waals surface area contributed by atoms with Crippen molar-refractivity contribution in [1.29, 1.82) is 0 Å². The van der Waals surface area contributed by atoms with E-state index in [1.807, 2.05) is 0 Å². The summed E-state index contributed by atoms with van der Waals surface area (Å²) in [5, 5.41) is 0. The zero-order valence-corrected chi connectivity index (χ0v) is 16.7. The van der Waals surface area contributed by atoms with Crippen molar-refractivity contribution >= 4 is 31.6 Å². The molecule has 1 atom stereocenters. The van der Waals surface area contributed by atoms with Crippen LogP contribution in [-0.2, 0) is 0 Å². The summed E-state index contributed by atoms with van der Waals surface area (Å²) >= 11 is 2.39. The molecule has 2 nitrogen and oxygen atoms in total. The second-order valence-electron chi connectivity index (χ2n) is 8.84. The molecule has 3 rings (SSSR count). The monoisotopic (exact) mass is 320 g/mol. The first-order valence-electron chi connectivity index (χ1n) is 9.05. The molecule has 1 unspecified atom stereocenters. The summed E-state index contributed by atoms with van der Waals surface area (Å²) in [4.78, 5) is 6.64. The molecule has 0 amide bonds. The van der Waals surface area contributed by atoms with Crippen molar-refractivity contribution in [1.82, 2.24) is 9.88 Å². The Bertz CT molecular complexity index is 625. The first-order chi connectivity index (χ1) is 10.7. The second-order valence-corrected chi connectivity index (χ2v) is 13.1. The summed E-state index contributed by atoms with van der Waals surface area (Å²) in [7, 11) is -1.65. The molecule has 1 N–H and O–H groups in total. The first-order valence-corrected chi connectivity index (χ1v) is 12.1. The Kier molecular flexibility index (Phi) is 4.62. The summed E-state index contributed by atoms with van der Waals surface area (Å²) in [5.41, 5.74) is 5.34. The van der Waals surface area contributed by atoms with Crippen LogP contribution in [0.25, 0.3) is 5.70 Å². The zero-order valence-electron chi connectivity index (χ0n) is 15.7. The summed E-state index contributed by atoms with van der Waals surface area (Å²) in [6.07, 6.45) is 2.68. The van der Waals surface area contributed by atoms with Crippen LogP contribution in [0.4, 0.5) is 0 Å². The average Bonchev–Trinajstić information content (AvgIpc) is 2.99. The standard InChI is InChI=1S/C19H29N2Si.Li/c1-19(2,3)20-22(4,5)18-14-17(21-12-8-9-13-21)15-10-6-7-11-16(15)18;/h6-7,10-11,18,20H,8-9,12-13H2,1-5H3;. The fourth-order valence-corrected chi connectivity index (χ4v) is 9.20. The molecule has 0 radical (unpaired) electrons. The number of hydrogen-bond acceptors (Lipinski definition) is 2. The predicted octanol–water partition coefficient (Wildman–Crippen LogP) is 3.85. The Morgan fingerprint density at radius 1 is 1.13 bits per heavy atom. The number of likely N-dealkylation sites (tertiary alicyclic amines) is 1. The van der Waals surface area contributed by atoms with Crippen molar-refractivity contribution in [2.75, 3.05) is 13.1 Å². The Labute approximate surface area is 152 Å². The minimum atomic E-state index is -1.65. The SMILES string of the molecule is [Li][C]1=C(N2CCCC2)c2ccccc2C1[Si](C)(C)NC(C)(C)C. The van der Waals surface area contributed by atoms with Crippen molar-refractivity contribution in [2.24, 2.45) is 0 Å². The van der Waals surface area contributed by atoms with E-state index >= 15 is 0 Å². The topological polar surface area (TPSA) is 15.3 Å². The van der Waals surface area contributed by atoms with Gasteiger partial charge in [0.25, 0.3) is 0 Å². The van der Waals surface area contributed by atoms with Crippen LogP contribution in [0.3, 0.4) is 0 Å². The Morgan fingerprint density at radius 3 is 2.35 bits per heavy atom. The molecule has 1 aliphatic heterocycles. The van der Waals surface area contributed by atoms with Gasteiger partial charge in [-0.1, -0.05) is 0 Å². The van der Waals surface area contributed by atoms with Crippen LogP contribution in [0, 0.1) is 0 Å². The molecule has 2 aliphatic rings. The average molecular weight is 320 g/mol. The quantitative estimate of drug-likeness (QED) is 0.851. The van der Waals surface area contributed by atoms with Crippen LogP contribution in [0.1, 0.15) is 50.3 Å². The molecule has 1 fully saturated rings. The number of fused-ring (bicyclic) bond motifs is 1. The van der Waals surface area contributed by atoms with E-state index in [9.17, 15) is 0 Å².